The van der Waals surface area contributed by atoms with E-state index in [1.807, 2.05) is 0 Å². The summed E-state index contributed by atoms with van der Waals surface area (Å²) in [5, 5.41) is 8.38. The second-order valence-electron chi connectivity index (χ2n) is 3.55. The van der Waals surface area contributed by atoms with Gasteiger partial charge in [-0.2, -0.15) is 5.10 Å². The molecule has 2 aromatic heterocycles. The summed E-state index contributed by atoms with van der Waals surface area (Å²) in [6.07, 6.45) is 1.53. The van der Waals surface area contributed by atoms with E-state index in [1.165, 1.54) is 16.3 Å². The zero-order valence-corrected chi connectivity index (χ0v) is 11.2. The Kier molecular flexibility index (Phi) is 3.91. The first kappa shape index (κ1) is 13.2. The van der Waals surface area contributed by atoms with Crippen molar-refractivity contribution >= 4 is 28.3 Å². The quantitative estimate of drug-likeness (QED) is 0.853. The highest BCUT2D eigenvalue weighted by Gasteiger charge is 2.15. The van der Waals surface area contributed by atoms with E-state index in [4.69, 9.17) is 4.74 Å². The molecular formula is C11H12N4O3S. The summed E-state index contributed by atoms with van der Waals surface area (Å²) in [4.78, 5) is 27.3. The van der Waals surface area contributed by atoms with Crippen molar-refractivity contribution in [3.05, 3.63) is 29.0 Å². The molecule has 0 unspecified atom stereocenters. The van der Waals surface area contributed by atoms with Gasteiger partial charge in [-0.3, -0.25) is 14.8 Å². The summed E-state index contributed by atoms with van der Waals surface area (Å²) in [5.41, 5.74) is 0.597. The third-order valence-corrected chi connectivity index (χ3v) is 3.02. The lowest BCUT2D eigenvalue weighted by Crippen LogP contribution is -2.16. The van der Waals surface area contributed by atoms with Gasteiger partial charge in [0.2, 0.25) is 0 Å². The fraction of sp³-hybridized carbons (Fsp3) is 0.273. The summed E-state index contributed by atoms with van der Waals surface area (Å²) in [7, 11) is 1.67. The van der Waals surface area contributed by atoms with Gasteiger partial charge in [0.15, 0.2) is 10.8 Å². The Bertz CT molecular complexity index is 605. The first-order valence-electron chi connectivity index (χ1n) is 5.53. The summed E-state index contributed by atoms with van der Waals surface area (Å²) >= 11 is 1.16. The number of carbonyl (C=O) groups excluding carboxylic acids is 2. The van der Waals surface area contributed by atoms with Gasteiger partial charge in [-0.1, -0.05) is 0 Å². The predicted molar refractivity (Wildman–Crippen MR) is 69.2 cm³/mol. The number of aryl methyl sites for hydroxylation is 1. The summed E-state index contributed by atoms with van der Waals surface area (Å²) in [6.45, 7) is 2.00. The number of carbonyl (C=O) groups is 2. The Morgan fingerprint density at radius 2 is 2.32 bits per heavy atom. The fourth-order valence-electron chi connectivity index (χ4n) is 1.39. The van der Waals surface area contributed by atoms with Crippen molar-refractivity contribution in [2.75, 3.05) is 11.9 Å². The van der Waals surface area contributed by atoms with Crippen LogP contribution in [0.25, 0.3) is 0 Å². The number of nitrogens with zero attached hydrogens (tertiary/aromatic N) is 3. The van der Waals surface area contributed by atoms with Gasteiger partial charge in [0.25, 0.3) is 5.91 Å². The standard InChI is InChI=1S/C11H12N4O3S/c1-3-18-10(17)7-6-19-11(13-7)14-9(16)8-4-5-12-15(8)2/h4-6H,3H2,1-2H3,(H,13,14,16). The van der Waals surface area contributed by atoms with Gasteiger partial charge >= 0.3 is 5.97 Å². The molecule has 19 heavy (non-hydrogen) atoms. The molecule has 0 aromatic carbocycles. The van der Waals surface area contributed by atoms with E-state index in [0.29, 0.717) is 10.8 Å². The molecule has 0 aliphatic rings. The summed E-state index contributed by atoms with van der Waals surface area (Å²) in [5.74, 6) is -0.829. The second-order valence-corrected chi connectivity index (χ2v) is 4.41. The minimum atomic E-state index is -0.500. The summed E-state index contributed by atoms with van der Waals surface area (Å²) in [6, 6.07) is 1.59. The molecule has 2 rings (SSSR count). The van der Waals surface area contributed by atoms with Gasteiger partial charge in [0.05, 0.1) is 6.61 Å². The van der Waals surface area contributed by atoms with Crippen molar-refractivity contribution in [2.45, 2.75) is 6.92 Å². The van der Waals surface area contributed by atoms with Crippen LogP contribution < -0.4 is 5.32 Å². The lowest BCUT2D eigenvalue weighted by molar-refractivity contribution is 0.0520. The number of aromatic nitrogens is 3. The Labute approximate surface area is 113 Å². The van der Waals surface area contributed by atoms with Crippen LogP contribution in [-0.2, 0) is 11.8 Å². The lowest BCUT2D eigenvalue weighted by atomic mass is 10.4. The van der Waals surface area contributed by atoms with Crippen LogP contribution in [0, 0.1) is 0 Å². The van der Waals surface area contributed by atoms with Crippen LogP contribution in [0.4, 0.5) is 5.13 Å². The first-order valence-corrected chi connectivity index (χ1v) is 6.41. The van der Waals surface area contributed by atoms with E-state index < -0.39 is 5.97 Å². The van der Waals surface area contributed by atoms with Gasteiger partial charge < -0.3 is 4.74 Å². The maximum absolute atomic E-state index is 11.9. The Morgan fingerprint density at radius 3 is 2.95 bits per heavy atom. The second kappa shape index (κ2) is 5.61. The van der Waals surface area contributed by atoms with Gasteiger partial charge in [0.1, 0.15) is 5.69 Å². The minimum absolute atomic E-state index is 0.187. The number of thiazole rings is 1. The van der Waals surface area contributed by atoms with Crippen LogP contribution in [0.1, 0.15) is 27.9 Å². The zero-order chi connectivity index (χ0) is 13.8. The van der Waals surface area contributed by atoms with Crippen LogP contribution in [-0.4, -0.2) is 33.2 Å². The number of hydrogen-bond acceptors (Lipinski definition) is 6. The Balaban J connectivity index is 2.06. The molecule has 7 nitrogen and oxygen atoms in total. The number of amides is 1. The van der Waals surface area contributed by atoms with Crippen LogP contribution in [0.2, 0.25) is 0 Å². The minimum Gasteiger partial charge on any atom is -0.461 e. The molecule has 0 radical (unpaired) electrons. The summed E-state index contributed by atoms with van der Waals surface area (Å²) < 4.78 is 6.27. The largest absolute Gasteiger partial charge is 0.461 e. The number of ether oxygens (including phenoxy) is 1. The van der Waals surface area contributed by atoms with Crippen molar-refractivity contribution < 1.29 is 14.3 Å². The smallest absolute Gasteiger partial charge is 0.357 e. The molecule has 8 heteroatoms. The molecule has 2 heterocycles. The molecule has 100 valence electrons. The van der Waals surface area contributed by atoms with Gasteiger partial charge in [-0.25, -0.2) is 9.78 Å². The van der Waals surface area contributed by atoms with Crippen molar-refractivity contribution in [3.63, 3.8) is 0 Å². The third kappa shape index (κ3) is 2.97. The van der Waals surface area contributed by atoms with E-state index in [-0.39, 0.29) is 18.2 Å². The maximum atomic E-state index is 11.9. The van der Waals surface area contributed by atoms with E-state index in [9.17, 15) is 9.59 Å². The van der Waals surface area contributed by atoms with E-state index in [1.54, 1.807) is 20.0 Å². The Hall–Kier alpha value is -2.22. The molecule has 0 saturated carbocycles. The molecule has 0 atom stereocenters. The predicted octanol–water partition coefficient (Wildman–Crippen LogP) is 1.31. The topological polar surface area (TPSA) is 86.1 Å². The number of anilines is 1. The number of nitrogens with one attached hydrogen (secondary N) is 1. The van der Waals surface area contributed by atoms with Crippen LogP contribution >= 0.6 is 11.3 Å². The molecule has 0 fully saturated rings. The number of hydrogen-bond donors (Lipinski definition) is 1. The normalized spacial score (nSPS) is 10.2. The van der Waals surface area contributed by atoms with Crippen LogP contribution in [0.3, 0.4) is 0 Å². The molecular weight excluding hydrogens is 268 g/mol. The fourth-order valence-corrected chi connectivity index (χ4v) is 2.06. The molecule has 0 saturated heterocycles. The van der Waals surface area contributed by atoms with E-state index in [0.717, 1.165) is 11.3 Å². The highest BCUT2D eigenvalue weighted by Crippen LogP contribution is 2.17. The van der Waals surface area contributed by atoms with Crippen molar-refractivity contribution in [3.8, 4) is 0 Å². The molecule has 0 aliphatic heterocycles. The van der Waals surface area contributed by atoms with Gasteiger partial charge in [-0.05, 0) is 13.0 Å². The lowest BCUT2D eigenvalue weighted by Gasteiger charge is -2.01. The van der Waals surface area contributed by atoms with Crippen molar-refractivity contribution in [2.24, 2.45) is 7.05 Å². The van der Waals surface area contributed by atoms with Crippen LogP contribution in [0.5, 0.6) is 0 Å². The highest BCUT2D eigenvalue weighted by molar-refractivity contribution is 7.14. The monoisotopic (exact) mass is 280 g/mol. The average molecular weight is 280 g/mol. The van der Waals surface area contributed by atoms with E-state index >= 15 is 0 Å². The van der Waals surface area contributed by atoms with Crippen LogP contribution in [0.15, 0.2) is 17.6 Å². The number of rotatable bonds is 4. The van der Waals surface area contributed by atoms with Crippen molar-refractivity contribution in [1.82, 2.24) is 14.8 Å². The molecule has 0 aliphatic carbocycles. The molecule has 0 spiro atoms. The SMILES string of the molecule is CCOC(=O)c1csc(NC(=O)c2ccnn2C)n1. The zero-order valence-electron chi connectivity index (χ0n) is 10.4. The van der Waals surface area contributed by atoms with Gasteiger partial charge in [-0.15, -0.1) is 11.3 Å². The van der Waals surface area contributed by atoms with Gasteiger partial charge in [0, 0.05) is 18.6 Å². The first-order chi connectivity index (χ1) is 9.11. The molecule has 1 amide bonds. The highest BCUT2D eigenvalue weighted by atomic mass is 32.1. The molecule has 0 bridgehead atoms. The molecule has 2 aromatic rings. The maximum Gasteiger partial charge on any atom is 0.357 e. The van der Waals surface area contributed by atoms with E-state index in [2.05, 4.69) is 15.4 Å². The molecule has 1 N–H and O–H groups in total. The average Bonchev–Trinajstić information content (AvgIpc) is 2.98. The van der Waals surface area contributed by atoms with Crippen molar-refractivity contribution in [1.29, 1.82) is 0 Å². The Morgan fingerprint density at radius 1 is 1.53 bits per heavy atom. The number of esters is 1. The third-order valence-electron chi connectivity index (χ3n) is 2.26.